The van der Waals surface area contributed by atoms with E-state index in [1.807, 2.05) is 13.8 Å². The van der Waals surface area contributed by atoms with Crippen molar-refractivity contribution in [3.8, 4) is 0 Å². The van der Waals surface area contributed by atoms with Gasteiger partial charge < -0.3 is 10.6 Å². The molecule has 2 rings (SSSR count). The molecule has 0 saturated heterocycles. The molecule has 1 aliphatic heterocycles. The van der Waals surface area contributed by atoms with E-state index >= 15 is 0 Å². The zero-order valence-electron chi connectivity index (χ0n) is 10.4. The number of amides is 2. The van der Waals surface area contributed by atoms with Crippen LogP contribution in [0.1, 0.15) is 39.5 Å². The number of hydrogen-bond donors (Lipinski definition) is 2. The predicted molar refractivity (Wildman–Crippen MR) is 64.6 cm³/mol. The highest BCUT2D eigenvalue weighted by atomic mass is 16.2. The molecule has 94 valence electrons. The molecule has 0 aromatic heterocycles. The van der Waals surface area contributed by atoms with E-state index < -0.39 is 5.41 Å². The summed E-state index contributed by atoms with van der Waals surface area (Å²) in [6, 6.07) is 0.536. The highest BCUT2D eigenvalue weighted by Gasteiger charge is 2.45. The van der Waals surface area contributed by atoms with Gasteiger partial charge >= 0.3 is 0 Å². The van der Waals surface area contributed by atoms with Gasteiger partial charge in [-0.25, -0.2) is 0 Å². The van der Waals surface area contributed by atoms with Gasteiger partial charge in [-0.05, 0) is 25.7 Å². The summed E-state index contributed by atoms with van der Waals surface area (Å²) in [5, 5.41) is 5.98. The highest BCUT2D eigenvalue weighted by Crippen LogP contribution is 2.30. The summed E-state index contributed by atoms with van der Waals surface area (Å²) < 4.78 is 0. The van der Waals surface area contributed by atoms with Gasteiger partial charge in [0.1, 0.15) is 11.3 Å². The lowest BCUT2D eigenvalue weighted by Gasteiger charge is -2.30. The van der Waals surface area contributed by atoms with E-state index in [-0.39, 0.29) is 11.8 Å². The topological polar surface area (TPSA) is 70.6 Å². The minimum atomic E-state index is -0.941. The largest absolute Gasteiger partial charge is 0.312 e. The van der Waals surface area contributed by atoms with Gasteiger partial charge in [-0.3, -0.25) is 9.59 Å². The van der Waals surface area contributed by atoms with Crippen LogP contribution in [-0.2, 0) is 9.59 Å². The van der Waals surface area contributed by atoms with Crippen molar-refractivity contribution >= 4 is 17.6 Å². The van der Waals surface area contributed by atoms with Crippen LogP contribution in [0.5, 0.6) is 0 Å². The molecule has 17 heavy (non-hydrogen) atoms. The third-order valence-electron chi connectivity index (χ3n) is 3.68. The number of nitrogens with zero attached hydrogens (tertiary/aromatic N) is 1. The van der Waals surface area contributed by atoms with Gasteiger partial charge in [-0.1, -0.05) is 13.8 Å². The van der Waals surface area contributed by atoms with Crippen LogP contribution < -0.4 is 10.6 Å². The van der Waals surface area contributed by atoms with Crippen molar-refractivity contribution in [2.75, 3.05) is 6.54 Å². The fourth-order valence-electron chi connectivity index (χ4n) is 2.09. The Kier molecular flexibility index (Phi) is 3.28. The quantitative estimate of drug-likeness (QED) is 0.688. The lowest BCUT2D eigenvalue weighted by atomic mass is 9.79. The summed E-state index contributed by atoms with van der Waals surface area (Å²) in [6.45, 7) is 4.18. The van der Waals surface area contributed by atoms with Crippen LogP contribution in [0.15, 0.2) is 4.99 Å². The number of amidine groups is 1. The van der Waals surface area contributed by atoms with Gasteiger partial charge in [-0.2, -0.15) is 4.99 Å². The minimum absolute atomic E-state index is 0.199. The molecule has 0 spiro atoms. The Morgan fingerprint density at radius 1 is 1.35 bits per heavy atom. The Balaban J connectivity index is 2.07. The van der Waals surface area contributed by atoms with Crippen LogP contribution in [-0.4, -0.2) is 30.2 Å². The Hall–Kier alpha value is -1.23. The first-order chi connectivity index (χ1) is 8.12. The van der Waals surface area contributed by atoms with Gasteiger partial charge in [0.05, 0.1) is 6.54 Å². The monoisotopic (exact) mass is 237 g/mol. The Morgan fingerprint density at radius 3 is 2.47 bits per heavy atom. The number of aliphatic imine (C=N–C) groups is 1. The molecule has 2 N–H and O–H groups in total. The fraction of sp³-hybridized carbons (Fsp3) is 0.750. The first-order valence-electron chi connectivity index (χ1n) is 6.29. The van der Waals surface area contributed by atoms with Crippen molar-refractivity contribution in [2.45, 2.75) is 45.6 Å². The number of carbonyl (C=O) groups is 2. The van der Waals surface area contributed by atoms with Crippen LogP contribution in [0.25, 0.3) is 0 Å². The van der Waals surface area contributed by atoms with Gasteiger partial charge in [0.25, 0.3) is 5.91 Å². The first kappa shape index (κ1) is 12.2. The van der Waals surface area contributed by atoms with E-state index in [1.54, 1.807) is 0 Å². The van der Waals surface area contributed by atoms with Crippen LogP contribution in [0, 0.1) is 5.41 Å². The second kappa shape index (κ2) is 4.56. The smallest absolute Gasteiger partial charge is 0.263 e. The van der Waals surface area contributed by atoms with E-state index in [1.165, 1.54) is 12.8 Å². The van der Waals surface area contributed by atoms with Gasteiger partial charge in [0.2, 0.25) is 5.91 Å². The van der Waals surface area contributed by atoms with Crippen molar-refractivity contribution in [3.63, 3.8) is 0 Å². The van der Waals surface area contributed by atoms with Crippen LogP contribution >= 0.6 is 0 Å². The second-order valence-electron chi connectivity index (χ2n) is 4.76. The average Bonchev–Trinajstić information content (AvgIpc) is 3.11. The standard InChI is InChI=1S/C12H19N3O2/c1-3-12(4-2)10(16)14-9(15-11(12)17)7-13-8-5-6-8/h8,13H,3-7H2,1-2H3,(H,14,15,16,17). The maximum Gasteiger partial charge on any atom is 0.263 e. The van der Waals surface area contributed by atoms with E-state index in [0.29, 0.717) is 31.3 Å². The molecule has 0 bridgehead atoms. The van der Waals surface area contributed by atoms with Crippen LogP contribution in [0.4, 0.5) is 0 Å². The highest BCUT2D eigenvalue weighted by molar-refractivity contribution is 6.19. The van der Waals surface area contributed by atoms with E-state index in [4.69, 9.17) is 0 Å². The van der Waals surface area contributed by atoms with Crippen molar-refractivity contribution in [2.24, 2.45) is 10.4 Å². The molecule has 1 aliphatic carbocycles. The number of rotatable bonds is 5. The molecule has 1 fully saturated rings. The lowest BCUT2D eigenvalue weighted by Crippen LogP contribution is -2.54. The summed E-state index contributed by atoms with van der Waals surface area (Å²) in [6.07, 6.45) is 3.34. The van der Waals surface area contributed by atoms with E-state index in [2.05, 4.69) is 15.6 Å². The molecule has 0 aromatic carbocycles. The normalized spacial score (nSPS) is 23.3. The minimum Gasteiger partial charge on any atom is -0.312 e. The molecule has 0 atom stereocenters. The van der Waals surface area contributed by atoms with Crippen molar-refractivity contribution in [1.82, 2.24) is 10.6 Å². The first-order valence-corrected chi connectivity index (χ1v) is 6.29. The Morgan fingerprint density at radius 2 is 2.00 bits per heavy atom. The Labute approximate surface area is 101 Å². The number of hydrogen-bond acceptors (Lipinski definition) is 3. The number of nitrogens with one attached hydrogen (secondary N) is 2. The maximum absolute atomic E-state index is 12.0. The summed E-state index contributed by atoms with van der Waals surface area (Å²) in [4.78, 5) is 28.0. The van der Waals surface area contributed by atoms with Crippen LogP contribution in [0.2, 0.25) is 0 Å². The molecule has 1 saturated carbocycles. The molecule has 0 radical (unpaired) electrons. The SMILES string of the molecule is CCC1(CC)C(=O)N=C(CNC2CC2)NC1=O. The summed E-state index contributed by atoms with van der Waals surface area (Å²) in [7, 11) is 0. The predicted octanol–water partition coefficient (Wildman–Crippen LogP) is 0.600. The third kappa shape index (κ3) is 2.24. The summed E-state index contributed by atoms with van der Waals surface area (Å²) >= 11 is 0. The van der Waals surface area contributed by atoms with Gasteiger partial charge in [0, 0.05) is 6.04 Å². The fourth-order valence-corrected chi connectivity index (χ4v) is 2.09. The molecule has 1 heterocycles. The van der Waals surface area contributed by atoms with Crippen molar-refractivity contribution in [3.05, 3.63) is 0 Å². The van der Waals surface area contributed by atoms with Crippen LogP contribution in [0.3, 0.4) is 0 Å². The molecule has 5 heteroatoms. The van der Waals surface area contributed by atoms with E-state index in [9.17, 15) is 9.59 Å². The second-order valence-corrected chi connectivity index (χ2v) is 4.76. The molecule has 2 amide bonds. The van der Waals surface area contributed by atoms with Crippen molar-refractivity contribution < 1.29 is 9.59 Å². The molecule has 0 unspecified atom stereocenters. The molecule has 2 aliphatic rings. The zero-order chi connectivity index (χ0) is 12.5. The molecular formula is C12H19N3O2. The zero-order valence-corrected chi connectivity index (χ0v) is 10.4. The summed E-state index contributed by atoms with van der Waals surface area (Å²) in [5.74, 6) is -0.0293. The maximum atomic E-state index is 12.0. The summed E-state index contributed by atoms with van der Waals surface area (Å²) in [5.41, 5.74) is -0.941. The van der Waals surface area contributed by atoms with Gasteiger partial charge in [0.15, 0.2) is 0 Å². The van der Waals surface area contributed by atoms with Gasteiger partial charge in [-0.15, -0.1) is 0 Å². The molecular weight excluding hydrogens is 218 g/mol. The third-order valence-corrected chi connectivity index (χ3v) is 3.68. The van der Waals surface area contributed by atoms with Crippen molar-refractivity contribution in [1.29, 1.82) is 0 Å². The average molecular weight is 237 g/mol. The Bertz CT molecular complexity index is 368. The molecule has 5 nitrogen and oxygen atoms in total. The lowest BCUT2D eigenvalue weighted by molar-refractivity contribution is -0.142. The molecule has 0 aromatic rings. The van der Waals surface area contributed by atoms with E-state index in [0.717, 1.165) is 0 Å². The number of carbonyl (C=O) groups excluding carboxylic acids is 2.